The molecule has 0 aliphatic carbocycles. The van der Waals surface area contributed by atoms with Gasteiger partial charge in [-0.15, -0.1) is 0 Å². The van der Waals surface area contributed by atoms with Crippen molar-refractivity contribution in [1.82, 2.24) is 4.90 Å². The van der Waals surface area contributed by atoms with Gasteiger partial charge in [0.1, 0.15) is 0 Å². The highest BCUT2D eigenvalue weighted by Gasteiger charge is 2.36. The molecule has 2 heteroatoms. The van der Waals surface area contributed by atoms with E-state index >= 15 is 0 Å². The van der Waals surface area contributed by atoms with Crippen LogP contribution in [0, 0.1) is 0 Å². The van der Waals surface area contributed by atoms with E-state index in [0.29, 0.717) is 0 Å². The first-order valence-corrected chi connectivity index (χ1v) is 4.29. The predicted molar refractivity (Wildman–Crippen MR) is 46.6 cm³/mol. The zero-order chi connectivity index (χ0) is 8.70. The third kappa shape index (κ3) is 2.17. The van der Waals surface area contributed by atoms with Crippen LogP contribution in [0.3, 0.4) is 0 Å². The summed E-state index contributed by atoms with van der Waals surface area (Å²) in [6.07, 6.45) is 0.907. The van der Waals surface area contributed by atoms with Crippen LogP contribution in [0.1, 0.15) is 34.1 Å². The smallest absolute Gasteiger partial charge is 0.0758 e. The molecule has 1 aliphatic rings. The van der Waals surface area contributed by atoms with Crippen molar-refractivity contribution in [3.63, 3.8) is 0 Å². The summed E-state index contributed by atoms with van der Waals surface area (Å²) in [5, 5.41) is 9.69. The van der Waals surface area contributed by atoms with Gasteiger partial charge in [0.15, 0.2) is 0 Å². The van der Waals surface area contributed by atoms with E-state index in [1.165, 1.54) is 0 Å². The van der Waals surface area contributed by atoms with Crippen LogP contribution < -0.4 is 0 Å². The molecule has 66 valence electrons. The summed E-state index contributed by atoms with van der Waals surface area (Å²) in [5.74, 6) is 0. The zero-order valence-electron chi connectivity index (χ0n) is 8.02. The maximum absolute atomic E-state index is 9.69. The minimum atomic E-state index is -0.451. The fraction of sp³-hybridized carbons (Fsp3) is 1.00. The lowest BCUT2D eigenvalue weighted by Gasteiger charge is -2.32. The molecule has 0 aromatic heterocycles. The Morgan fingerprint density at radius 3 is 2.09 bits per heavy atom. The molecule has 1 atom stereocenters. The molecule has 0 saturated carbocycles. The normalized spacial score (nSPS) is 34.6. The van der Waals surface area contributed by atoms with Crippen molar-refractivity contribution >= 4 is 0 Å². The highest BCUT2D eigenvalue weighted by Crippen LogP contribution is 2.26. The van der Waals surface area contributed by atoms with E-state index < -0.39 is 5.60 Å². The van der Waals surface area contributed by atoms with Gasteiger partial charge in [-0.05, 0) is 34.1 Å². The summed E-state index contributed by atoms with van der Waals surface area (Å²) < 4.78 is 0. The summed E-state index contributed by atoms with van der Waals surface area (Å²) in [7, 11) is 0. The highest BCUT2D eigenvalue weighted by atomic mass is 16.3. The molecule has 0 aromatic rings. The Hall–Kier alpha value is -0.0800. The van der Waals surface area contributed by atoms with Gasteiger partial charge >= 0.3 is 0 Å². The van der Waals surface area contributed by atoms with Crippen molar-refractivity contribution in [3.05, 3.63) is 0 Å². The summed E-state index contributed by atoms with van der Waals surface area (Å²) in [4.78, 5) is 2.33. The number of β-amino-alcohol motifs (C(OH)–C–C–N with tert-alkyl or cyclic N) is 1. The molecule has 1 saturated heterocycles. The summed E-state index contributed by atoms with van der Waals surface area (Å²) in [5.41, 5.74) is -0.242. The molecule has 1 unspecified atom stereocenters. The van der Waals surface area contributed by atoms with Crippen molar-refractivity contribution < 1.29 is 5.11 Å². The first kappa shape index (κ1) is 9.01. The van der Waals surface area contributed by atoms with E-state index in [1.807, 2.05) is 6.92 Å². The van der Waals surface area contributed by atoms with Crippen molar-refractivity contribution in [3.8, 4) is 0 Å². The van der Waals surface area contributed by atoms with Crippen LogP contribution in [0.5, 0.6) is 0 Å². The Kier molecular flexibility index (Phi) is 2.01. The van der Waals surface area contributed by atoms with E-state index in [9.17, 15) is 5.11 Å². The SMILES string of the molecule is CC1(O)CCN(C(C)(C)C)C1. The molecule has 0 amide bonds. The lowest BCUT2D eigenvalue weighted by Crippen LogP contribution is -2.41. The molecule has 1 N–H and O–H groups in total. The Morgan fingerprint density at radius 1 is 1.36 bits per heavy atom. The average molecular weight is 157 g/mol. The first-order valence-electron chi connectivity index (χ1n) is 4.29. The van der Waals surface area contributed by atoms with E-state index in [1.54, 1.807) is 0 Å². The molecule has 1 rings (SSSR count). The second-order valence-corrected chi connectivity index (χ2v) is 4.84. The fourth-order valence-corrected chi connectivity index (χ4v) is 1.52. The van der Waals surface area contributed by atoms with E-state index in [-0.39, 0.29) is 5.54 Å². The maximum atomic E-state index is 9.69. The Morgan fingerprint density at radius 2 is 1.91 bits per heavy atom. The zero-order valence-corrected chi connectivity index (χ0v) is 8.02. The van der Waals surface area contributed by atoms with E-state index in [0.717, 1.165) is 19.5 Å². The van der Waals surface area contributed by atoms with Crippen LogP contribution in [0.25, 0.3) is 0 Å². The molecular formula is C9H19NO. The molecular weight excluding hydrogens is 138 g/mol. The highest BCUT2D eigenvalue weighted by molar-refractivity contribution is 4.91. The molecule has 0 spiro atoms. The van der Waals surface area contributed by atoms with Gasteiger partial charge in [0.05, 0.1) is 5.60 Å². The minimum Gasteiger partial charge on any atom is -0.389 e. The molecule has 1 heterocycles. The predicted octanol–water partition coefficient (Wildman–Crippen LogP) is 1.24. The molecule has 0 bridgehead atoms. The number of aliphatic hydroxyl groups is 1. The summed E-state index contributed by atoms with van der Waals surface area (Å²) in [6, 6.07) is 0. The minimum absolute atomic E-state index is 0.209. The van der Waals surface area contributed by atoms with Gasteiger partial charge < -0.3 is 5.11 Å². The van der Waals surface area contributed by atoms with Crippen LogP contribution in [-0.4, -0.2) is 34.2 Å². The number of likely N-dealkylation sites (tertiary alicyclic amines) is 1. The van der Waals surface area contributed by atoms with Crippen LogP contribution in [0.4, 0.5) is 0 Å². The van der Waals surface area contributed by atoms with Crippen molar-refractivity contribution in [2.45, 2.75) is 45.3 Å². The van der Waals surface area contributed by atoms with Crippen LogP contribution in [0.2, 0.25) is 0 Å². The van der Waals surface area contributed by atoms with Gasteiger partial charge in [-0.1, -0.05) is 0 Å². The van der Waals surface area contributed by atoms with Gasteiger partial charge in [0.2, 0.25) is 0 Å². The second kappa shape index (κ2) is 2.46. The second-order valence-electron chi connectivity index (χ2n) is 4.84. The Bertz CT molecular complexity index is 146. The lowest BCUT2D eigenvalue weighted by molar-refractivity contribution is 0.0527. The third-order valence-corrected chi connectivity index (χ3v) is 2.40. The van der Waals surface area contributed by atoms with Gasteiger partial charge in [-0.3, -0.25) is 4.90 Å². The molecule has 0 radical (unpaired) electrons. The van der Waals surface area contributed by atoms with Crippen molar-refractivity contribution in [2.24, 2.45) is 0 Å². The largest absolute Gasteiger partial charge is 0.389 e. The molecule has 0 aromatic carbocycles. The van der Waals surface area contributed by atoms with Crippen LogP contribution in [0.15, 0.2) is 0 Å². The van der Waals surface area contributed by atoms with E-state index in [4.69, 9.17) is 0 Å². The fourth-order valence-electron chi connectivity index (χ4n) is 1.52. The molecule has 11 heavy (non-hydrogen) atoms. The quantitative estimate of drug-likeness (QED) is 0.572. The third-order valence-electron chi connectivity index (χ3n) is 2.40. The number of hydrogen-bond donors (Lipinski definition) is 1. The summed E-state index contributed by atoms with van der Waals surface area (Å²) >= 11 is 0. The number of hydrogen-bond acceptors (Lipinski definition) is 2. The number of rotatable bonds is 0. The Balaban J connectivity index is 2.55. The van der Waals surface area contributed by atoms with E-state index in [2.05, 4.69) is 25.7 Å². The van der Waals surface area contributed by atoms with Gasteiger partial charge in [0.25, 0.3) is 0 Å². The van der Waals surface area contributed by atoms with Crippen LogP contribution >= 0.6 is 0 Å². The molecule has 1 aliphatic heterocycles. The van der Waals surface area contributed by atoms with Crippen LogP contribution in [-0.2, 0) is 0 Å². The van der Waals surface area contributed by atoms with Crippen molar-refractivity contribution in [2.75, 3.05) is 13.1 Å². The topological polar surface area (TPSA) is 23.5 Å². The maximum Gasteiger partial charge on any atom is 0.0758 e. The standard InChI is InChI=1S/C9H19NO/c1-8(2,3)10-6-5-9(4,11)7-10/h11H,5-7H2,1-4H3. The Labute approximate surface area is 69.2 Å². The van der Waals surface area contributed by atoms with Gasteiger partial charge in [-0.25, -0.2) is 0 Å². The number of nitrogens with zero attached hydrogens (tertiary/aromatic N) is 1. The average Bonchev–Trinajstić information content (AvgIpc) is 2.07. The monoisotopic (exact) mass is 157 g/mol. The molecule has 2 nitrogen and oxygen atoms in total. The summed E-state index contributed by atoms with van der Waals surface area (Å²) in [6.45, 7) is 10.3. The lowest BCUT2D eigenvalue weighted by atomic mass is 10.1. The molecule has 1 fully saturated rings. The first-order chi connectivity index (χ1) is 4.81. The van der Waals surface area contributed by atoms with Gasteiger partial charge in [-0.2, -0.15) is 0 Å². The van der Waals surface area contributed by atoms with Gasteiger partial charge in [0, 0.05) is 18.6 Å². The van der Waals surface area contributed by atoms with Crippen molar-refractivity contribution in [1.29, 1.82) is 0 Å².